The lowest BCUT2D eigenvalue weighted by molar-refractivity contribution is 0.0954. The number of fused-ring (bicyclic) bond motifs is 1. The smallest absolute Gasteiger partial charge is 0.251 e. The molecule has 0 aliphatic carbocycles. The quantitative estimate of drug-likeness (QED) is 0.776. The van der Waals surface area contributed by atoms with Crippen molar-refractivity contribution in [2.75, 3.05) is 6.54 Å². The number of aryl methyl sites for hydroxylation is 2. The number of imidazole rings is 1. The number of nitrogens with one attached hydrogen (secondary N) is 2. The van der Waals surface area contributed by atoms with Crippen molar-refractivity contribution in [3.63, 3.8) is 0 Å². The van der Waals surface area contributed by atoms with Crippen LogP contribution in [0.1, 0.15) is 27.3 Å². The van der Waals surface area contributed by atoms with E-state index in [0.29, 0.717) is 18.5 Å². The van der Waals surface area contributed by atoms with Crippen LogP contribution in [-0.4, -0.2) is 22.4 Å². The van der Waals surface area contributed by atoms with Crippen LogP contribution in [0.25, 0.3) is 11.0 Å². The Hall–Kier alpha value is -2.62. The molecule has 1 heterocycles. The molecule has 0 saturated heterocycles. The maximum absolute atomic E-state index is 12.1. The van der Waals surface area contributed by atoms with Gasteiger partial charge in [-0.3, -0.25) is 4.79 Å². The highest BCUT2D eigenvalue weighted by Gasteiger charge is 2.07. The SMILES string of the molecule is Cc1ccc(C(=O)NCCc2nc3ccccc3[nH]2)cc1C. The van der Waals surface area contributed by atoms with E-state index in [4.69, 9.17) is 0 Å². The molecule has 0 saturated carbocycles. The molecule has 1 aromatic heterocycles. The monoisotopic (exact) mass is 293 g/mol. The molecule has 1 amide bonds. The van der Waals surface area contributed by atoms with E-state index in [1.54, 1.807) is 0 Å². The number of rotatable bonds is 4. The summed E-state index contributed by atoms with van der Waals surface area (Å²) in [6.07, 6.45) is 0.686. The summed E-state index contributed by atoms with van der Waals surface area (Å²) >= 11 is 0. The fraction of sp³-hybridized carbons (Fsp3) is 0.222. The molecule has 0 aliphatic rings. The average molecular weight is 293 g/mol. The van der Waals surface area contributed by atoms with Crippen molar-refractivity contribution in [1.29, 1.82) is 0 Å². The molecule has 0 aliphatic heterocycles. The van der Waals surface area contributed by atoms with Gasteiger partial charge in [0.05, 0.1) is 11.0 Å². The number of hydrogen-bond acceptors (Lipinski definition) is 2. The molecule has 0 radical (unpaired) electrons. The number of H-pyrrole nitrogens is 1. The molecule has 0 spiro atoms. The Morgan fingerprint density at radius 3 is 2.73 bits per heavy atom. The molecule has 2 N–H and O–H groups in total. The van der Waals surface area contributed by atoms with Crippen molar-refractivity contribution in [2.24, 2.45) is 0 Å². The first-order valence-electron chi connectivity index (χ1n) is 7.42. The van der Waals surface area contributed by atoms with Crippen molar-refractivity contribution in [2.45, 2.75) is 20.3 Å². The van der Waals surface area contributed by atoms with E-state index in [2.05, 4.69) is 15.3 Å². The number of para-hydroxylation sites is 2. The molecule has 0 bridgehead atoms. The summed E-state index contributed by atoms with van der Waals surface area (Å²) in [6, 6.07) is 13.7. The van der Waals surface area contributed by atoms with E-state index >= 15 is 0 Å². The van der Waals surface area contributed by atoms with E-state index in [0.717, 1.165) is 22.4 Å². The van der Waals surface area contributed by atoms with Gasteiger partial charge >= 0.3 is 0 Å². The lowest BCUT2D eigenvalue weighted by atomic mass is 10.1. The van der Waals surface area contributed by atoms with Gasteiger partial charge in [0.25, 0.3) is 5.91 Å². The normalized spacial score (nSPS) is 10.8. The predicted octanol–water partition coefficient (Wildman–Crippen LogP) is 3.15. The summed E-state index contributed by atoms with van der Waals surface area (Å²) < 4.78 is 0. The molecule has 22 heavy (non-hydrogen) atoms. The number of amides is 1. The van der Waals surface area contributed by atoms with Crippen LogP contribution in [0.5, 0.6) is 0 Å². The Morgan fingerprint density at radius 2 is 1.95 bits per heavy atom. The van der Waals surface area contributed by atoms with Crippen LogP contribution in [-0.2, 0) is 6.42 Å². The minimum Gasteiger partial charge on any atom is -0.352 e. The third kappa shape index (κ3) is 3.01. The third-order valence-electron chi connectivity index (χ3n) is 3.85. The van der Waals surface area contributed by atoms with Crippen LogP contribution in [0.4, 0.5) is 0 Å². The molecule has 2 aromatic carbocycles. The predicted molar refractivity (Wildman–Crippen MR) is 88.0 cm³/mol. The summed E-state index contributed by atoms with van der Waals surface area (Å²) in [7, 11) is 0. The Balaban J connectivity index is 1.60. The van der Waals surface area contributed by atoms with Crippen molar-refractivity contribution in [1.82, 2.24) is 15.3 Å². The maximum Gasteiger partial charge on any atom is 0.251 e. The summed E-state index contributed by atoms with van der Waals surface area (Å²) in [5, 5.41) is 2.94. The molecular formula is C18H19N3O. The van der Waals surface area contributed by atoms with E-state index in [1.807, 2.05) is 56.3 Å². The second-order valence-corrected chi connectivity index (χ2v) is 5.51. The number of aromatic nitrogens is 2. The minimum absolute atomic E-state index is 0.0424. The Kier molecular flexibility index (Phi) is 3.92. The zero-order valence-electron chi connectivity index (χ0n) is 12.8. The summed E-state index contributed by atoms with van der Waals surface area (Å²) in [4.78, 5) is 19.9. The van der Waals surface area contributed by atoms with Gasteiger partial charge in [-0.05, 0) is 49.2 Å². The summed E-state index contributed by atoms with van der Waals surface area (Å²) in [5.41, 5.74) is 5.01. The first-order chi connectivity index (χ1) is 10.6. The van der Waals surface area contributed by atoms with Crippen LogP contribution in [0.15, 0.2) is 42.5 Å². The molecule has 0 unspecified atom stereocenters. The Labute approximate surface area is 129 Å². The van der Waals surface area contributed by atoms with Gasteiger partial charge in [0.2, 0.25) is 0 Å². The zero-order valence-corrected chi connectivity index (χ0v) is 12.8. The van der Waals surface area contributed by atoms with Crippen LogP contribution < -0.4 is 5.32 Å². The average Bonchev–Trinajstić information content (AvgIpc) is 2.92. The second-order valence-electron chi connectivity index (χ2n) is 5.51. The molecule has 0 atom stereocenters. The topological polar surface area (TPSA) is 57.8 Å². The minimum atomic E-state index is -0.0424. The van der Waals surface area contributed by atoms with Gasteiger partial charge in [-0.2, -0.15) is 0 Å². The number of aromatic amines is 1. The fourth-order valence-electron chi connectivity index (χ4n) is 2.40. The van der Waals surface area contributed by atoms with Gasteiger partial charge in [0.15, 0.2) is 0 Å². The van der Waals surface area contributed by atoms with Gasteiger partial charge in [-0.25, -0.2) is 4.98 Å². The van der Waals surface area contributed by atoms with Crippen LogP contribution >= 0.6 is 0 Å². The molecule has 0 fully saturated rings. The number of carbonyl (C=O) groups is 1. The van der Waals surface area contributed by atoms with Crippen molar-refractivity contribution in [3.8, 4) is 0 Å². The van der Waals surface area contributed by atoms with E-state index < -0.39 is 0 Å². The molecule has 4 nitrogen and oxygen atoms in total. The third-order valence-corrected chi connectivity index (χ3v) is 3.85. The van der Waals surface area contributed by atoms with E-state index in [-0.39, 0.29) is 5.91 Å². The summed E-state index contributed by atoms with van der Waals surface area (Å²) in [6.45, 7) is 4.62. The number of nitrogens with zero attached hydrogens (tertiary/aromatic N) is 1. The Bertz CT molecular complexity index is 787. The maximum atomic E-state index is 12.1. The van der Waals surface area contributed by atoms with Gasteiger partial charge in [-0.15, -0.1) is 0 Å². The van der Waals surface area contributed by atoms with Crippen LogP contribution in [0, 0.1) is 13.8 Å². The lowest BCUT2D eigenvalue weighted by Gasteiger charge is -2.06. The standard InChI is InChI=1S/C18H19N3O/c1-12-7-8-14(11-13(12)2)18(22)19-10-9-17-20-15-5-3-4-6-16(15)21-17/h3-8,11H,9-10H2,1-2H3,(H,19,22)(H,20,21). The van der Waals surface area contributed by atoms with E-state index in [1.165, 1.54) is 5.56 Å². The fourth-order valence-corrected chi connectivity index (χ4v) is 2.40. The largest absolute Gasteiger partial charge is 0.352 e. The number of hydrogen-bond donors (Lipinski definition) is 2. The van der Waals surface area contributed by atoms with Gasteiger partial charge in [0.1, 0.15) is 5.82 Å². The first-order valence-corrected chi connectivity index (χ1v) is 7.42. The molecule has 4 heteroatoms. The number of carbonyl (C=O) groups excluding carboxylic acids is 1. The van der Waals surface area contributed by atoms with Crippen molar-refractivity contribution in [3.05, 3.63) is 65.0 Å². The number of benzene rings is 2. The van der Waals surface area contributed by atoms with Crippen molar-refractivity contribution < 1.29 is 4.79 Å². The van der Waals surface area contributed by atoms with Crippen molar-refractivity contribution >= 4 is 16.9 Å². The highest BCUT2D eigenvalue weighted by atomic mass is 16.1. The van der Waals surface area contributed by atoms with Crippen LogP contribution in [0.2, 0.25) is 0 Å². The van der Waals surface area contributed by atoms with E-state index in [9.17, 15) is 4.79 Å². The molecular weight excluding hydrogens is 274 g/mol. The molecule has 112 valence electrons. The zero-order chi connectivity index (χ0) is 15.5. The van der Waals surface area contributed by atoms with Crippen LogP contribution in [0.3, 0.4) is 0 Å². The highest BCUT2D eigenvalue weighted by Crippen LogP contribution is 2.11. The molecule has 3 rings (SSSR count). The second kappa shape index (κ2) is 6.02. The Morgan fingerprint density at radius 1 is 1.14 bits per heavy atom. The lowest BCUT2D eigenvalue weighted by Crippen LogP contribution is -2.26. The summed E-state index contributed by atoms with van der Waals surface area (Å²) in [5.74, 6) is 0.848. The van der Waals surface area contributed by atoms with Gasteiger partial charge in [0, 0.05) is 18.5 Å². The van der Waals surface area contributed by atoms with Gasteiger partial charge in [-0.1, -0.05) is 18.2 Å². The van der Waals surface area contributed by atoms with Gasteiger partial charge < -0.3 is 10.3 Å². The molecule has 3 aromatic rings. The first kappa shape index (κ1) is 14.3. The highest BCUT2D eigenvalue weighted by molar-refractivity contribution is 5.94.